The number of fused-ring (bicyclic) bond motifs is 1. The first-order chi connectivity index (χ1) is 12.8. The second-order valence-electron chi connectivity index (χ2n) is 7.66. The largest absolute Gasteiger partial charge is 0.378 e. The number of nitrogens with zero attached hydrogens (tertiary/aromatic N) is 3. The summed E-state index contributed by atoms with van der Waals surface area (Å²) >= 11 is 1.60. The minimum Gasteiger partial charge on any atom is -0.378 e. The third kappa shape index (κ3) is 4.43. The molecule has 1 aliphatic heterocycles. The molecule has 2 heterocycles. The smallest absolute Gasteiger partial charge is 0.246 e. The normalized spacial score (nSPS) is 28.0. The second kappa shape index (κ2) is 8.48. The monoisotopic (exact) mass is 376 g/mol. The molecule has 142 valence electrons. The summed E-state index contributed by atoms with van der Waals surface area (Å²) in [5.41, 5.74) is 4.76. The standard InChI is InChI=1S/C19H28N4O2S/c24-18(12-17-13-26-19(20-17)23-7-9-25-10-8-23)22-21-16-6-5-14-3-1-2-4-15(14)11-16/h13-15H,1-12H2,(H,22,24)/b21-16-/t14-,15-/m0/s1. The Hall–Kier alpha value is -1.47. The van der Waals surface area contributed by atoms with Crippen molar-refractivity contribution in [3.05, 3.63) is 11.1 Å². The molecule has 0 spiro atoms. The van der Waals surface area contributed by atoms with Crippen LogP contribution in [0.2, 0.25) is 0 Å². The Balaban J connectivity index is 1.27. The Labute approximate surface area is 159 Å². The summed E-state index contributed by atoms with van der Waals surface area (Å²) in [5.74, 6) is 1.62. The van der Waals surface area contributed by atoms with E-state index in [1.807, 2.05) is 5.38 Å². The van der Waals surface area contributed by atoms with Gasteiger partial charge in [0, 0.05) is 24.2 Å². The molecule has 1 saturated heterocycles. The van der Waals surface area contributed by atoms with Crippen LogP contribution in [-0.2, 0) is 16.0 Å². The van der Waals surface area contributed by atoms with E-state index in [2.05, 4.69) is 20.4 Å². The maximum absolute atomic E-state index is 12.2. The molecule has 3 aliphatic rings. The SMILES string of the molecule is O=C(Cc1csc(N2CCOCC2)n1)N/N=C1/CC[C@@H]2CCCC[C@H]2C1. The fourth-order valence-corrected chi connectivity index (χ4v) is 5.29. The third-order valence-electron chi connectivity index (χ3n) is 5.87. The predicted octanol–water partition coefficient (Wildman–Crippen LogP) is 2.98. The number of nitrogens with one attached hydrogen (secondary N) is 1. The van der Waals surface area contributed by atoms with Gasteiger partial charge in [0.15, 0.2) is 5.13 Å². The summed E-state index contributed by atoms with van der Waals surface area (Å²) in [4.78, 5) is 19.1. The molecule has 1 aromatic heterocycles. The molecule has 2 saturated carbocycles. The molecule has 0 unspecified atom stereocenters. The zero-order valence-corrected chi connectivity index (χ0v) is 16.1. The molecule has 0 aromatic carbocycles. The van der Waals surface area contributed by atoms with Gasteiger partial charge < -0.3 is 9.64 Å². The predicted molar refractivity (Wildman–Crippen MR) is 104 cm³/mol. The summed E-state index contributed by atoms with van der Waals surface area (Å²) in [6.45, 7) is 3.23. The highest BCUT2D eigenvalue weighted by molar-refractivity contribution is 7.13. The molecule has 1 N–H and O–H groups in total. The molecule has 2 aliphatic carbocycles. The minimum atomic E-state index is -0.0675. The van der Waals surface area contributed by atoms with Crippen LogP contribution in [0.15, 0.2) is 10.5 Å². The Morgan fingerprint density at radius 1 is 1.27 bits per heavy atom. The average Bonchev–Trinajstić information content (AvgIpc) is 3.15. The number of amides is 1. The van der Waals surface area contributed by atoms with Gasteiger partial charge in [0.05, 0.1) is 25.3 Å². The van der Waals surface area contributed by atoms with Gasteiger partial charge in [0.1, 0.15) is 0 Å². The van der Waals surface area contributed by atoms with Gasteiger partial charge in [0.25, 0.3) is 0 Å². The average molecular weight is 377 g/mol. The molecule has 26 heavy (non-hydrogen) atoms. The topological polar surface area (TPSA) is 66.8 Å². The van der Waals surface area contributed by atoms with E-state index in [1.165, 1.54) is 37.8 Å². The van der Waals surface area contributed by atoms with E-state index in [1.54, 1.807) is 11.3 Å². The van der Waals surface area contributed by atoms with E-state index >= 15 is 0 Å². The second-order valence-corrected chi connectivity index (χ2v) is 8.49. The molecule has 3 fully saturated rings. The van der Waals surface area contributed by atoms with Crippen molar-refractivity contribution < 1.29 is 9.53 Å². The number of carbonyl (C=O) groups excluding carboxylic acids is 1. The van der Waals surface area contributed by atoms with Crippen LogP contribution in [0.4, 0.5) is 5.13 Å². The number of thiazole rings is 1. The molecule has 2 atom stereocenters. The number of carbonyl (C=O) groups is 1. The first kappa shape index (κ1) is 17.9. The molecular formula is C19H28N4O2S. The highest BCUT2D eigenvalue weighted by Crippen LogP contribution is 2.39. The highest BCUT2D eigenvalue weighted by Gasteiger charge is 2.30. The summed E-state index contributed by atoms with van der Waals surface area (Å²) < 4.78 is 5.37. The van der Waals surface area contributed by atoms with Gasteiger partial charge in [-0.25, -0.2) is 10.4 Å². The maximum Gasteiger partial charge on any atom is 0.246 e. The van der Waals surface area contributed by atoms with E-state index < -0.39 is 0 Å². The van der Waals surface area contributed by atoms with Gasteiger partial charge in [-0.15, -0.1) is 11.3 Å². The Morgan fingerprint density at radius 3 is 2.92 bits per heavy atom. The molecular weight excluding hydrogens is 348 g/mol. The Morgan fingerprint density at radius 2 is 2.08 bits per heavy atom. The Bertz CT molecular complexity index is 654. The van der Waals surface area contributed by atoms with Gasteiger partial charge in [-0.1, -0.05) is 19.3 Å². The van der Waals surface area contributed by atoms with Crippen LogP contribution in [0, 0.1) is 11.8 Å². The van der Waals surface area contributed by atoms with Crippen molar-refractivity contribution >= 4 is 28.1 Å². The number of ether oxygens (including phenoxy) is 1. The third-order valence-corrected chi connectivity index (χ3v) is 6.82. The highest BCUT2D eigenvalue weighted by atomic mass is 32.1. The maximum atomic E-state index is 12.2. The van der Waals surface area contributed by atoms with Crippen LogP contribution in [0.5, 0.6) is 0 Å². The van der Waals surface area contributed by atoms with Crippen LogP contribution >= 0.6 is 11.3 Å². The number of hydrogen-bond acceptors (Lipinski definition) is 6. The van der Waals surface area contributed by atoms with Crippen molar-refractivity contribution in [2.75, 3.05) is 31.2 Å². The van der Waals surface area contributed by atoms with Crippen LogP contribution in [-0.4, -0.2) is 42.9 Å². The van der Waals surface area contributed by atoms with Gasteiger partial charge >= 0.3 is 0 Å². The zero-order valence-electron chi connectivity index (χ0n) is 15.3. The minimum absolute atomic E-state index is 0.0675. The fourth-order valence-electron chi connectivity index (χ4n) is 4.41. The lowest BCUT2D eigenvalue weighted by atomic mass is 9.70. The van der Waals surface area contributed by atoms with Crippen molar-refractivity contribution in [2.45, 2.75) is 51.4 Å². The lowest BCUT2D eigenvalue weighted by Crippen LogP contribution is -2.36. The first-order valence-corrected chi connectivity index (χ1v) is 10.8. The lowest BCUT2D eigenvalue weighted by Gasteiger charge is -2.35. The van der Waals surface area contributed by atoms with Crippen LogP contribution in [0.1, 0.15) is 50.6 Å². The number of hydrogen-bond donors (Lipinski definition) is 1. The van der Waals surface area contributed by atoms with E-state index in [0.29, 0.717) is 6.42 Å². The summed E-state index contributed by atoms with van der Waals surface area (Å²) in [5, 5.41) is 7.39. The molecule has 0 radical (unpaired) electrons. The number of rotatable bonds is 4. The lowest BCUT2D eigenvalue weighted by molar-refractivity contribution is -0.120. The number of hydrazone groups is 1. The first-order valence-electron chi connectivity index (χ1n) is 9.89. The molecule has 0 bridgehead atoms. The van der Waals surface area contributed by atoms with E-state index in [-0.39, 0.29) is 5.91 Å². The van der Waals surface area contributed by atoms with Crippen LogP contribution in [0.25, 0.3) is 0 Å². The van der Waals surface area contributed by atoms with E-state index in [9.17, 15) is 4.79 Å². The summed E-state index contributed by atoms with van der Waals surface area (Å²) in [6, 6.07) is 0. The summed E-state index contributed by atoms with van der Waals surface area (Å²) in [6.07, 6.45) is 9.13. The van der Waals surface area contributed by atoms with E-state index in [0.717, 1.165) is 61.8 Å². The van der Waals surface area contributed by atoms with Crippen LogP contribution in [0.3, 0.4) is 0 Å². The fraction of sp³-hybridized carbons (Fsp3) is 0.737. The number of morpholine rings is 1. The molecule has 6 nitrogen and oxygen atoms in total. The van der Waals surface area contributed by atoms with Gasteiger partial charge in [-0.2, -0.15) is 5.10 Å². The number of aromatic nitrogens is 1. The summed E-state index contributed by atoms with van der Waals surface area (Å²) in [7, 11) is 0. The number of anilines is 1. The molecule has 7 heteroatoms. The van der Waals surface area contributed by atoms with Crippen molar-refractivity contribution in [2.24, 2.45) is 16.9 Å². The molecule has 1 amide bonds. The zero-order chi connectivity index (χ0) is 17.8. The van der Waals surface area contributed by atoms with E-state index in [4.69, 9.17) is 4.74 Å². The van der Waals surface area contributed by atoms with Gasteiger partial charge in [-0.3, -0.25) is 4.79 Å². The quantitative estimate of drug-likeness (QED) is 0.821. The van der Waals surface area contributed by atoms with Crippen molar-refractivity contribution in [3.63, 3.8) is 0 Å². The molecule has 4 rings (SSSR count). The van der Waals surface area contributed by atoms with Crippen molar-refractivity contribution in [1.29, 1.82) is 0 Å². The van der Waals surface area contributed by atoms with Crippen molar-refractivity contribution in [1.82, 2.24) is 10.4 Å². The van der Waals surface area contributed by atoms with Gasteiger partial charge in [0.2, 0.25) is 5.91 Å². The molecule has 1 aromatic rings. The van der Waals surface area contributed by atoms with Gasteiger partial charge in [-0.05, 0) is 37.5 Å². The van der Waals surface area contributed by atoms with Crippen molar-refractivity contribution in [3.8, 4) is 0 Å². The Kier molecular flexibility index (Phi) is 5.84. The van der Waals surface area contributed by atoms with Crippen LogP contribution < -0.4 is 10.3 Å².